The smallest absolute Gasteiger partial charge is 0.205 e. The van der Waals surface area contributed by atoms with Crippen LogP contribution in [0.4, 0.5) is 0 Å². The van der Waals surface area contributed by atoms with E-state index in [0.29, 0.717) is 17.2 Å². The van der Waals surface area contributed by atoms with Crippen molar-refractivity contribution >= 4 is 31.8 Å². The second kappa shape index (κ2) is 6.25. The summed E-state index contributed by atoms with van der Waals surface area (Å²) in [6, 6.07) is 2.92. The number of benzene rings is 1. The van der Waals surface area contributed by atoms with Gasteiger partial charge in [0.15, 0.2) is 11.5 Å². The van der Waals surface area contributed by atoms with Crippen LogP contribution < -0.4 is 14.2 Å². The lowest BCUT2D eigenvalue weighted by Crippen LogP contribution is -1.95. The molecule has 0 unspecified atom stereocenters. The highest BCUT2D eigenvalue weighted by Crippen LogP contribution is 2.44. The van der Waals surface area contributed by atoms with Crippen molar-refractivity contribution in [2.24, 2.45) is 0 Å². The van der Waals surface area contributed by atoms with Crippen LogP contribution in [0, 0.1) is 0 Å². The van der Waals surface area contributed by atoms with Gasteiger partial charge in [-0.2, -0.15) is 0 Å². The van der Waals surface area contributed by atoms with Gasteiger partial charge in [0.05, 0.1) is 31.0 Å². The van der Waals surface area contributed by atoms with Crippen molar-refractivity contribution in [2.75, 3.05) is 21.3 Å². The van der Waals surface area contributed by atoms with Gasteiger partial charge in [0.2, 0.25) is 5.75 Å². The van der Waals surface area contributed by atoms with Crippen LogP contribution in [-0.2, 0) is 6.42 Å². The first-order valence-corrected chi connectivity index (χ1v) is 7.50. The number of methoxy groups -OCH3 is 3. The minimum absolute atomic E-state index is 0.592. The maximum absolute atomic E-state index is 5.44. The second-order valence-corrected chi connectivity index (χ2v) is 5.57. The average Bonchev–Trinajstić information content (AvgIpc) is 2.85. The lowest BCUT2D eigenvalue weighted by molar-refractivity contribution is 0.327. The molecule has 101 valence electrons. The Kier molecular flexibility index (Phi) is 4.65. The third kappa shape index (κ3) is 2.69. The highest BCUT2D eigenvalue weighted by molar-refractivity contribution is 7.18. The van der Waals surface area contributed by atoms with E-state index in [1.807, 2.05) is 6.07 Å². The van der Waals surface area contributed by atoms with Gasteiger partial charge in [-0.1, -0.05) is 6.04 Å². The zero-order chi connectivity index (χ0) is 13.8. The maximum atomic E-state index is 5.44. The van der Waals surface area contributed by atoms with Gasteiger partial charge in [-0.05, 0) is 12.8 Å². The number of ether oxygens (including phenoxy) is 3. The zero-order valence-electron chi connectivity index (χ0n) is 11.3. The number of fused-ring (bicyclic) bond motifs is 1. The van der Waals surface area contributed by atoms with Gasteiger partial charge < -0.3 is 14.2 Å². The summed E-state index contributed by atoms with van der Waals surface area (Å²) in [6.07, 6.45) is 2.02. The molecular formula is C13H16NO3SSi. The molecular weight excluding hydrogens is 278 g/mol. The van der Waals surface area contributed by atoms with E-state index in [4.69, 9.17) is 14.2 Å². The van der Waals surface area contributed by atoms with Crippen molar-refractivity contribution in [1.82, 2.24) is 4.98 Å². The molecule has 0 bridgehead atoms. The molecule has 1 heterocycles. The largest absolute Gasteiger partial charge is 0.493 e. The van der Waals surface area contributed by atoms with Crippen LogP contribution in [0.2, 0.25) is 6.04 Å². The molecule has 0 N–H and O–H groups in total. The van der Waals surface area contributed by atoms with Crippen molar-refractivity contribution in [3.05, 3.63) is 11.1 Å². The van der Waals surface area contributed by atoms with E-state index in [9.17, 15) is 0 Å². The molecule has 3 radical (unpaired) electrons. The van der Waals surface area contributed by atoms with E-state index < -0.39 is 0 Å². The Labute approximate surface area is 120 Å². The fourth-order valence-electron chi connectivity index (χ4n) is 1.92. The normalized spacial score (nSPS) is 10.7. The third-order valence-corrected chi connectivity index (χ3v) is 4.22. The third-order valence-electron chi connectivity index (χ3n) is 2.80. The SMILES string of the molecule is COc1cc2sc(CCC[Si])nc2c(OC)c1OC. The summed E-state index contributed by atoms with van der Waals surface area (Å²) in [7, 11) is 8.32. The average molecular weight is 294 g/mol. The van der Waals surface area contributed by atoms with Crippen molar-refractivity contribution in [1.29, 1.82) is 0 Å². The molecule has 2 aromatic rings. The van der Waals surface area contributed by atoms with Crippen molar-refractivity contribution < 1.29 is 14.2 Å². The Morgan fingerprint density at radius 1 is 1.16 bits per heavy atom. The molecule has 0 saturated carbocycles. The van der Waals surface area contributed by atoms with Crippen LogP contribution in [0.15, 0.2) is 6.07 Å². The van der Waals surface area contributed by atoms with E-state index in [0.717, 1.165) is 34.1 Å². The Morgan fingerprint density at radius 3 is 2.47 bits per heavy atom. The van der Waals surface area contributed by atoms with Crippen LogP contribution in [0.5, 0.6) is 17.2 Å². The van der Waals surface area contributed by atoms with Crippen molar-refractivity contribution in [3.8, 4) is 17.2 Å². The maximum Gasteiger partial charge on any atom is 0.205 e. The summed E-state index contributed by atoms with van der Waals surface area (Å²) in [5.74, 6) is 1.90. The van der Waals surface area contributed by atoms with Gasteiger partial charge >= 0.3 is 0 Å². The molecule has 1 aromatic carbocycles. The van der Waals surface area contributed by atoms with Gasteiger partial charge in [0.1, 0.15) is 5.52 Å². The summed E-state index contributed by atoms with van der Waals surface area (Å²) < 4.78 is 17.2. The van der Waals surface area contributed by atoms with E-state index in [1.165, 1.54) is 0 Å². The number of thiazole rings is 1. The van der Waals surface area contributed by atoms with Crippen LogP contribution in [-0.4, -0.2) is 36.6 Å². The minimum Gasteiger partial charge on any atom is -0.493 e. The zero-order valence-corrected chi connectivity index (χ0v) is 13.1. The Morgan fingerprint density at radius 2 is 1.89 bits per heavy atom. The number of nitrogens with zero attached hydrogens (tertiary/aromatic N) is 1. The molecule has 0 amide bonds. The molecule has 0 fully saturated rings. The molecule has 4 nitrogen and oxygen atoms in total. The summed E-state index contributed by atoms with van der Waals surface area (Å²) in [4.78, 5) is 4.64. The van der Waals surface area contributed by atoms with Gasteiger partial charge in [0, 0.05) is 16.3 Å². The van der Waals surface area contributed by atoms with Gasteiger partial charge in [-0.3, -0.25) is 0 Å². The predicted molar refractivity (Wildman–Crippen MR) is 78.2 cm³/mol. The highest BCUT2D eigenvalue weighted by atomic mass is 32.1. The van der Waals surface area contributed by atoms with Gasteiger partial charge in [0.25, 0.3) is 0 Å². The summed E-state index contributed by atoms with van der Waals surface area (Å²) in [6.45, 7) is 0. The molecule has 0 spiro atoms. The number of aryl methyl sites for hydroxylation is 1. The lowest BCUT2D eigenvalue weighted by Gasteiger charge is -2.11. The molecule has 0 atom stereocenters. The highest BCUT2D eigenvalue weighted by Gasteiger charge is 2.19. The summed E-state index contributed by atoms with van der Waals surface area (Å²) in [5.41, 5.74) is 0.842. The minimum atomic E-state index is 0.592. The van der Waals surface area contributed by atoms with Crippen LogP contribution in [0.3, 0.4) is 0 Å². The first-order valence-electron chi connectivity index (χ1n) is 5.98. The number of hydrogen-bond donors (Lipinski definition) is 0. The molecule has 19 heavy (non-hydrogen) atoms. The second-order valence-electron chi connectivity index (χ2n) is 3.95. The van der Waals surface area contributed by atoms with Crippen molar-refractivity contribution in [3.63, 3.8) is 0 Å². The van der Waals surface area contributed by atoms with Gasteiger partial charge in [-0.15, -0.1) is 11.3 Å². The van der Waals surface area contributed by atoms with E-state index in [1.54, 1.807) is 32.7 Å². The molecule has 2 rings (SSSR count). The molecule has 0 saturated heterocycles. The quantitative estimate of drug-likeness (QED) is 0.768. The van der Waals surface area contributed by atoms with E-state index in [2.05, 4.69) is 15.2 Å². The van der Waals surface area contributed by atoms with Crippen LogP contribution in [0.1, 0.15) is 11.4 Å². The Balaban J connectivity index is 2.56. The van der Waals surface area contributed by atoms with Crippen LogP contribution in [0.25, 0.3) is 10.2 Å². The number of rotatable bonds is 6. The Hall–Kier alpha value is -1.27. The summed E-state index contributed by atoms with van der Waals surface area (Å²) in [5, 5.41) is 1.10. The monoisotopic (exact) mass is 294 g/mol. The number of hydrogen-bond acceptors (Lipinski definition) is 5. The lowest BCUT2D eigenvalue weighted by atomic mass is 10.2. The molecule has 0 aliphatic heterocycles. The topological polar surface area (TPSA) is 40.6 Å². The Bertz CT molecular complexity index is 571. The fraction of sp³-hybridized carbons (Fsp3) is 0.462. The van der Waals surface area contributed by atoms with Crippen LogP contribution >= 0.6 is 11.3 Å². The fourth-order valence-corrected chi connectivity index (χ4v) is 3.14. The summed E-state index contributed by atoms with van der Waals surface area (Å²) >= 11 is 1.67. The van der Waals surface area contributed by atoms with Gasteiger partial charge in [-0.25, -0.2) is 4.98 Å². The molecule has 1 aromatic heterocycles. The molecule has 6 heteroatoms. The van der Waals surface area contributed by atoms with Crippen molar-refractivity contribution in [2.45, 2.75) is 18.9 Å². The first kappa shape index (κ1) is 14.1. The number of aromatic nitrogens is 1. The molecule has 0 aliphatic rings. The first-order chi connectivity index (χ1) is 9.24. The predicted octanol–water partition coefficient (Wildman–Crippen LogP) is 2.84. The van der Waals surface area contributed by atoms with E-state index >= 15 is 0 Å². The molecule has 0 aliphatic carbocycles. The standard InChI is InChI=1S/C13H16NO3SSi/c1-15-8-7-9-11(13(17-3)12(8)16-2)14-10(18-9)5-4-6-19/h7H,4-6H2,1-3H3. The van der Waals surface area contributed by atoms with E-state index in [-0.39, 0.29) is 0 Å².